The van der Waals surface area contributed by atoms with Crippen molar-refractivity contribution in [2.75, 3.05) is 7.11 Å². The summed E-state index contributed by atoms with van der Waals surface area (Å²) in [6.07, 6.45) is 1.24. The molecule has 28 heavy (non-hydrogen) atoms. The first-order valence-electron chi connectivity index (χ1n) is 7.92. The minimum absolute atomic E-state index is 0.0191. The Hall–Kier alpha value is -4.01. The molecule has 3 rings (SSSR count). The van der Waals surface area contributed by atoms with E-state index in [0.717, 1.165) is 6.07 Å². The van der Waals surface area contributed by atoms with Gasteiger partial charge in [-0.2, -0.15) is 0 Å². The van der Waals surface area contributed by atoms with Crippen LogP contribution in [0, 0.1) is 5.82 Å². The average Bonchev–Trinajstić information content (AvgIpc) is 2.65. The number of methoxy groups -OCH3 is 1. The maximum atomic E-state index is 13.7. The summed E-state index contributed by atoms with van der Waals surface area (Å²) in [7, 11) is 1.32. The lowest BCUT2D eigenvalue weighted by atomic mass is 10.1. The fourth-order valence-corrected chi connectivity index (χ4v) is 2.41. The second-order valence-electron chi connectivity index (χ2n) is 5.58. The Kier molecular flexibility index (Phi) is 5.16. The highest BCUT2D eigenvalue weighted by atomic mass is 19.1. The van der Waals surface area contributed by atoms with Crippen LogP contribution in [0.4, 0.5) is 9.18 Å². The molecule has 9 heteroatoms. The zero-order valence-electron chi connectivity index (χ0n) is 14.4. The molecule has 1 aliphatic heterocycles. The van der Waals surface area contributed by atoms with E-state index in [1.807, 2.05) is 10.6 Å². The van der Waals surface area contributed by atoms with Gasteiger partial charge in [0.05, 0.1) is 12.7 Å². The number of hydrogen-bond acceptors (Lipinski definition) is 6. The quantitative estimate of drug-likeness (QED) is 0.360. The largest absolute Gasteiger partial charge is 0.493 e. The minimum Gasteiger partial charge on any atom is -0.493 e. The van der Waals surface area contributed by atoms with Crippen molar-refractivity contribution >= 4 is 29.9 Å². The van der Waals surface area contributed by atoms with E-state index >= 15 is 0 Å². The van der Waals surface area contributed by atoms with Crippen molar-refractivity contribution < 1.29 is 33.0 Å². The number of carbonyl (C=O) groups excluding carboxylic acids is 4. The highest BCUT2D eigenvalue weighted by Gasteiger charge is 2.27. The maximum absolute atomic E-state index is 13.7. The van der Waals surface area contributed by atoms with Gasteiger partial charge in [0.1, 0.15) is 11.4 Å². The van der Waals surface area contributed by atoms with Crippen LogP contribution in [-0.2, 0) is 9.59 Å². The Morgan fingerprint density at radius 3 is 2.32 bits per heavy atom. The summed E-state index contributed by atoms with van der Waals surface area (Å²) in [6.45, 7) is 0. The van der Waals surface area contributed by atoms with Crippen molar-refractivity contribution in [3.8, 4) is 11.5 Å². The van der Waals surface area contributed by atoms with E-state index in [4.69, 9.17) is 9.47 Å². The van der Waals surface area contributed by atoms with Crippen LogP contribution in [0.1, 0.15) is 15.9 Å². The number of halogens is 1. The minimum atomic E-state index is -0.910. The Morgan fingerprint density at radius 2 is 1.68 bits per heavy atom. The van der Waals surface area contributed by atoms with Gasteiger partial charge in [0.2, 0.25) is 0 Å². The molecule has 2 N–H and O–H groups in total. The van der Waals surface area contributed by atoms with Gasteiger partial charge < -0.3 is 9.47 Å². The SMILES string of the molecule is COc1cc(C=C2C(=O)NC(=O)NC2=O)ccc1OC(=O)c1ccccc1F. The summed E-state index contributed by atoms with van der Waals surface area (Å²) in [5.74, 6) is -3.19. The van der Waals surface area contributed by atoms with Crippen molar-refractivity contribution in [2.24, 2.45) is 0 Å². The van der Waals surface area contributed by atoms with E-state index in [0.29, 0.717) is 5.56 Å². The van der Waals surface area contributed by atoms with Gasteiger partial charge in [-0.1, -0.05) is 18.2 Å². The van der Waals surface area contributed by atoms with Gasteiger partial charge in [-0.25, -0.2) is 14.0 Å². The van der Waals surface area contributed by atoms with Gasteiger partial charge in [0, 0.05) is 0 Å². The molecule has 1 saturated heterocycles. The fraction of sp³-hybridized carbons (Fsp3) is 0.0526. The molecule has 0 radical (unpaired) electrons. The first-order chi connectivity index (χ1) is 13.4. The molecule has 0 unspecified atom stereocenters. The zero-order valence-corrected chi connectivity index (χ0v) is 14.4. The fourth-order valence-electron chi connectivity index (χ4n) is 2.41. The van der Waals surface area contributed by atoms with E-state index in [2.05, 4.69) is 0 Å². The van der Waals surface area contributed by atoms with E-state index < -0.39 is 29.6 Å². The number of esters is 1. The van der Waals surface area contributed by atoms with Crippen molar-refractivity contribution in [1.29, 1.82) is 0 Å². The summed E-state index contributed by atoms with van der Waals surface area (Å²) in [4.78, 5) is 46.8. The molecule has 0 saturated carbocycles. The van der Waals surface area contributed by atoms with Crippen molar-refractivity contribution in [1.82, 2.24) is 10.6 Å². The number of ether oxygens (including phenoxy) is 2. The standard InChI is InChI=1S/C19H13FN2O6/c1-27-15-9-10(8-12-16(23)21-19(26)22-17(12)24)6-7-14(15)28-18(25)11-4-2-3-5-13(11)20/h2-9H,1H3,(H2,21,22,23,24,26). The third kappa shape index (κ3) is 3.88. The van der Waals surface area contributed by atoms with Crippen molar-refractivity contribution in [3.05, 3.63) is 65.0 Å². The van der Waals surface area contributed by atoms with Gasteiger partial charge in [-0.15, -0.1) is 0 Å². The van der Waals surface area contributed by atoms with Crippen LogP contribution in [0.15, 0.2) is 48.0 Å². The molecule has 0 bridgehead atoms. The predicted molar refractivity (Wildman–Crippen MR) is 94.0 cm³/mol. The highest BCUT2D eigenvalue weighted by molar-refractivity contribution is 6.31. The molecular formula is C19H13FN2O6. The number of nitrogens with one attached hydrogen (secondary N) is 2. The Morgan fingerprint density at radius 1 is 1.00 bits per heavy atom. The summed E-state index contributed by atoms with van der Waals surface area (Å²) >= 11 is 0. The molecular weight excluding hydrogens is 371 g/mol. The molecule has 0 spiro atoms. The van der Waals surface area contributed by atoms with E-state index in [1.54, 1.807) is 0 Å². The van der Waals surface area contributed by atoms with E-state index in [-0.39, 0.29) is 22.6 Å². The number of amides is 4. The summed E-state index contributed by atoms with van der Waals surface area (Å²) in [5.41, 5.74) is -0.147. The van der Waals surface area contributed by atoms with Gasteiger partial charge in [0.15, 0.2) is 11.5 Å². The molecule has 142 valence electrons. The molecule has 8 nitrogen and oxygen atoms in total. The molecule has 1 fully saturated rings. The number of barbiturate groups is 1. The first kappa shape index (κ1) is 18.8. The third-order valence-electron chi connectivity index (χ3n) is 3.74. The van der Waals surface area contributed by atoms with E-state index in [9.17, 15) is 23.6 Å². The topological polar surface area (TPSA) is 111 Å². The molecule has 1 aliphatic rings. The Bertz CT molecular complexity index is 1010. The van der Waals surface area contributed by atoms with Crippen LogP contribution >= 0.6 is 0 Å². The summed E-state index contributed by atoms with van der Waals surface area (Å²) in [6, 6.07) is 8.69. The predicted octanol–water partition coefficient (Wildman–Crippen LogP) is 1.80. The van der Waals surface area contributed by atoms with Crippen LogP contribution in [0.2, 0.25) is 0 Å². The number of imide groups is 2. The van der Waals surface area contributed by atoms with E-state index in [1.165, 1.54) is 49.6 Å². The van der Waals surface area contributed by atoms with Gasteiger partial charge in [0.25, 0.3) is 11.8 Å². The van der Waals surface area contributed by atoms with Gasteiger partial charge >= 0.3 is 12.0 Å². The molecule has 0 aliphatic carbocycles. The van der Waals surface area contributed by atoms with Crippen LogP contribution in [0.3, 0.4) is 0 Å². The van der Waals surface area contributed by atoms with Crippen LogP contribution in [0.5, 0.6) is 11.5 Å². The number of carbonyl (C=O) groups is 4. The lowest BCUT2D eigenvalue weighted by molar-refractivity contribution is -0.123. The number of benzene rings is 2. The summed E-state index contributed by atoms with van der Waals surface area (Å²) < 4.78 is 24.0. The monoisotopic (exact) mass is 384 g/mol. The van der Waals surface area contributed by atoms with Crippen molar-refractivity contribution in [3.63, 3.8) is 0 Å². The molecule has 0 aromatic heterocycles. The second kappa shape index (κ2) is 7.70. The Balaban J connectivity index is 1.87. The van der Waals surface area contributed by atoms with Crippen molar-refractivity contribution in [2.45, 2.75) is 0 Å². The lowest BCUT2D eigenvalue weighted by Crippen LogP contribution is -2.51. The van der Waals surface area contributed by atoms with Crippen LogP contribution in [-0.4, -0.2) is 30.9 Å². The number of hydrogen-bond donors (Lipinski definition) is 2. The highest BCUT2D eigenvalue weighted by Crippen LogP contribution is 2.30. The van der Waals surface area contributed by atoms with Gasteiger partial charge in [-0.05, 0) is 35.9 Å². The third-order valence-corrected chi connectivity index (χ3v) is 3.74. The molecule has 2 aromatic rings. The second-order valence-corrected chi connectivity index (χ2v) is 5.58. The molecule has 2 aromatic carbocycles. The average molecular weight is 384 g/mol. The molecule has 0 atom stereocenters. The lowest BCUT2D eigenvalue weighted by Gasteiger charge is -2.14. The zero-order chi connectivity index (χ0) is 20.3. The summed E-state index contributed by atoms with van der Waals surface area (Å²) in [5, 5.41) is 3.91. The molecule has 1 heterocycles. The number of rotatable bonds is 4. The maximum Gasteiger partial charge on any atom is 0.346 e. The number of urea groups is 1. The van der Waals surface area contributed by atoms with Crippen LogP contribution < -0.4 is 20.1 Å². The van der Waals surface area contributed by atoms with Gasteiger partial charge in [-0.3, -0.25) is 20.2 Å². The normalized spacial score (nSPS) is 13.5. The first-order valence-corrected chi connectivity index (χ1v) is 7.92. The van der Waals surface area contributed by atoms with Crippen LogP contribution in [0.25, 0.3) is 6.08 Å². The smallest absolute Gasteiger partial charge is 0.346 e. The Labute approximate surface area is 157 Å². The molecule has 4 amide bonds.